The number of aliphatic carboxylic acids is 1. The number of carboxylic acids is 1. The van der Waals surface area contributed by atoms with Crippen molar-refractivity contribution in [3.63, 3.8) is 0 Å². The summed E-state index contributed by atoms with van der Waals surface area (Å²) in [5.41, 5.74) is 1.22. The molecule has 130 valence electrons. The largest absolute Gasteiger partial charge is 0.478 e. The van der Waals surface area contributed by atoms with Crippen molar-refractivity contribution in [2.75, 3.05) is 13.1 Å². The number of rotatable bonds is 4. The third-order valence-corrected chi connectivity index (χ3v) is 5.01. The van der Waals surface area contributed by atoms with E-state index in [-0.39, 0.29) is 31.8 Å². The van der Waals surface area contributed by atoms with Crippen molar-refractivity contribution >= 4 is 11.9 Å². The summed E-state index contributed by atoms with van der Waals surface area (Å²) in [6.07, 6.45) is 2.54. The van der Waals surface area contributed by atoms with Gasteiger partial charge in [0.2, 0.25) is 5.60 Å². The fraction of sp³-hybridized carbons (Fsp3) is 0.556. The summed E-state index contributed by atoms with van der Waals surface area (Å²) in [4.78, 5) is 25.2. The first-order chi connectivity index (χ1) is 11.4. The highest BCUT2D eigenvalue weighted by molar-refractivity contribution is 5.82. The van der Waals surface area contributed by atoms with Gasteiger partial charge >= 0.3 is 5.97 Å². The highest BCUT2D eigenvalue weighted by atomic mass is 16.5. The van der Waals surface area contributed by atoms with E-state index in [1.54, 1.807) is 0 Å². The number of ether oxygens (including phenoxy) is 1. The summed E-state index contributed by atoms with van der Waals surface area (Å²) in [6.45, 7) is 1.95. The minimum absolute atomic E-state index is 0.206. The summed E-state index contributed by atoms with van der Waals surface area (Å²) in [5, 5.41) is 19.1. The standard InChI is InChI=1S/C18H23NO5/c1-12(20)16(21)19-9-7-18(8-10-19,17(22)23)24-15-6-5-13-3-2-4-14(13)11-15/h5-6,11-12,20H,2-4,7-10H2,1H3,(H,22,23)/t12-/m0/s1. The molecule has 1 aliphatic carbocycles. The Hall–Kier alpha value is -2.08. The molecule has 0 bridgehead atoms. The second-order valence-electron chi connectivity index (χ2n) is 6.69. The van der Waals surface area contributed by atoms with Crippen LogP contribution in [0.3, 0.4) is 0 Å². The minimum atomic E-state index is -1.32. The van der Waals surface area contributed by atoms with Crippen LogP contribution in [0.4, 0.5) is 0 Å². The molecule has 2 N–H and O–H groups in total. The second-order valence-corrected chi connectivity index (χ2v) is 6.69. The highest BCUT2D eigenvalue weighted by Gasteiger charge is 2.45. The number of aliphatic hydroxyl groups is 1. The number of nitrogens with zero attached hydrogens (tertiary/aromatic N) is 1. The third kappa shape index (κ3) is 3.11. The monoisotopic (exact) mass is 333 g/mol. The number of amides is 1. The number of fused-ring (bicyclic) bond motifs is 1. The summed E-state index contributed by atoms with van der Waals surface area (Å²) in [6, 6.07) is 5.79. The molecule has 1 heterocycles. The van der Waals surface area contributed by atoms with Crippen molar-refractivity contribution in [3.8, 4) is 5.75 Å². The van der Waals surface area contributed by atoms with Gasteiger partial charge < -0.3 is 19.8 Å². The van der Waals surface area contributed by atoms with Gasteiger partial charge in [-0.2, -0.15) is 0 Å². The SMILES string of the molecule is C[C@H](O)C(=O)N1CCC(Oc2ccc3c(c2)CCC3)(C(=O)O)CC1. The zero-order chi connectivity index (χ0) is 17.3. The number of hydrogen-bond donors (Lipinski definition) is 2. The molecule has 6 heteroatoms. The van der Waals surface area contributed by atoms with Gasteiger partial charge in [-0.05, 0) is 49.4 Å². The van der Waals surface area contributed by atoms with Gasteiger partial charge in [0, 0.05) is 25.9 Å². The van der Waals surface area contributed by atoms with Gasteiger partial charge in [-0.3, -0.25) is 4.79 Å². The van der Waals surface area contributed by atoms with Crippen molar-refractivity contribution in [2.24, 2.45) is 0 Å². The van der Waals surface area contributed by atoms with Crippen LogP contribution in [0.15, 0.2) is 18.2 Å². The molecule has 3 rings (SSSR count). The van der Waals surface area contributed by atoms with Crippen molar-refractivity contribution in [1.29, 1.82) is 0 Å². The van der Waals surface area contributed by atoms with Gasteiger partial charge in [0.15, 0.2) is 0 Å². The van der Waals surface area contributed by atoms with Crippen LogP contribution in [0.1, 0.15) is 37.3 Å². The quantitative estimate of drug-likeness (QED) is 0.869. The molecule has 0 radical (unpaired) electrons. The summed E-state index contributed by atoms with van der Waals surface area (Å²) in [5.74, 6) is -0.799. The lowest BCUT2D eigenvalue weighted by Crippen LogP contribution is -2.55. The fourth-order valence-electron chi connectivity index (χ4n) is 3.55. The van der Waals surface area contributed by atoms with Crippen LogP contribution in [-0.4, -0.2) is 51.8 Å². The van der Waals surface area contributed by atoms with Crippen molar-refractivity contribution in [1.82, 2.24) is 4.90 Å². The molecule has 0 saturated carbocycles. The minimum Gasteiger partial charge on any atom is -0.478 e. The van der Waals surface area contributed by atoms with Crippen molar-refractivity contribution < 1.29 is 24.5 Å². The number of aryl methyl sites for hydroxylation is 2. The fourth-order valence-corrected chi connectivity index (χ4v) is 3.55. The molecule has 0 spiro atoms. The topological polar surface area (TPSA) is 87.1 Å². The summed E-state index contributed by atoms with van der Waals surface area (Å²) < 4.78 is 5.92. The number of likely N-dealkylation sites (tertiary alicyclic amines) is 1. The zero-order valence-corrected chi connectivity index (χ0v) is 13.8. The normalized spacial score (nSPS) is 20.3. The number of carbonyl (C=O) groups excluding carboxylic acids is 1. The molecule has 1 aromatic rings. The Morgan fingerprint density at radius 1 is 1.21 bits per heavy atom. The number of hydrogen-bond acceptors (Lipinski definition) is 4. The van der Waals surface area contributed by atoms with E-state index < -0.39 is 17.7 Å². The van der Waals surface area contributed by atoms with Crippen LogP contribution in [0.25, 0.3) is 0 Å². The number of aliphatic hydroxyl groups excluding tert-OH is 1. The molecule has 0 aromatic heterocycles. The van der Waals surface area contributed by atoms with Crippen LogP contribution in [0, 0.1) is 0 Å². The average molecular weight is 333 g/mol. The maximum atomic E-state index is 11.9. The average Bonchev–Trinajstić information content (AvgIpc) is 3.02. The molecule has 1 aromatic carbocycles. The Bertz CT molecular complexity index is 647. The van der Waals surface area contributed by atoms with Gasteiger partial charge in [-0.1, -0.05) is 6.07 Å². The highest BCUT2D eigenvalue weighted by Crippen LogP contribution is 2.32. The lowest BCUT2D eigenvalue weighted by molar-refractivity contribution is -0.163. The first kappa shape index (κ1) is 16.8. The van der Waals surface area contributed by atoms with E-state index in [9.17, 15) is 19.8 Å². The van der Waals surface area contributed by atoms with Crippen molar-refractivity contribution in [3.05, 3.63) is 29.3 Å². The van der Waals surface area contributed by atoms with Gasteiger partial charge in [0.1, 0.15) is 11.9 Å². The number of benzene rings is 1. The van der Waals surface area contributed by atoms with Gasteiger partial charge in [-0.25, -0.2) is 4.79 Å². The lowest BCUT2D eigenvalue weighted by atomic mass is 9.90. The zero-order valence-electron chi connectivity index (χ0n) is 13.8. The Labute approximate surface area is 141 Å². The molecule has 0 unspecified atom stereocenters. The lowest BCUT2D eigenvalue weighted by Gasteiger charge is -2.39. The van der Waals surface area contributed by atoms with Crippen molar-refractivity contribution in [2.45, 2.75) is 50.7 Å². The van der Waals surface area contributed by atoms with E-state index in [0.29, 0.717) is 5.75 Å². The van der Waals surface area contributed by atoms with Crippen LogP contribution in [0.5, 0.6) is 5.75 Å². The van der Waals surface area contributed by atoms with Gasteiger partial charge in [-0.15, -0.1) is 0 Å². The first-order valence-electron chi connectivity index (χ1n) is 8.42. The van der Waals surface area contributed by atoms with Crippen LogP contribution in [-0.2, 0) is 22.4 Å². The molecule has 1 atom stereocenters. The predicted octanol–water partition coefficient (Wildman–Crippen LogP) is 1.38. The molecule has 1 aliphatic heterocycles. The molecule has 24 heavy (non-hydrogen) atoms. The molecule has 2 aliphatic rings. The van der Waals surface area contributed by atoms with Crippen LogP contribution in [0.2, 0.25) is 0 Å². The van der Waals surface area contributed by atoms with Crippen LogP contribution >= 0.6 is 0 Å². The molecule has 1 fully saturated rings. The predicted molar refractivity (Wildman–Crippen MR) is 87.0 cm³/mol. The molecule has 1 amide bonds. The first-order valence-corrected chi connectivity index (χ1v) is 8.42. The maximum Gasteiger partial charge on any atom is 0.348 e. The number of carboxylic acid groups (broad SMARTS) is 1. The second kappa shape index (κ2) is 6.43. The van der Waals surface area contributed by atoms with E-state index in [2.05, 4.69) is 0 Å². The Morgan fingerprint density at radius 2 is 1.88 bits per heavy atom. The van der Waals surface area contributed by atoms with E-state index in [1.165, 1.54) is 23.0 Å². The van der Waals surface area contributed by atoms with Crippen LogP contribution < -0.4 is 4.74 Å². The maximum absolute atomic E-state index is 11.9. The van der Waals surface area contributed by atoms with E-state index >= 15 is 0 Å². The molecular weight excluding hydrogens is 310 g/mol. The van der Waals surface area contributed by atoms with Gasteiger partial charge in [0.05, 0.1) is 0 Å². The Kier molecular flexibility index (Phi) is 4.49. The Balaban J connectivity index is 1.74. The molecular formula is C18H23NO5. The van der Waals surface area contributed by atoms with E-state index in [4.69, 9.17) is 4.74 Å². The van der Waals surface area contributed by atoms with Gasteiger partial charge in [0.25, 0.3) is 5.91 Å². The summed E-state index contributed by atoms with van der Waals surface area (Å²) >= 11 is 0. The number of piperidine rings is 1. The molecule has 6 nitrogen and oxygen atoms in total. The third-order valence-electron chi connectivity index (χ3n) is 5.01. The smallest absolute Gasteiger partial charge is 0.348 e. The number of carbonyl (C=O) groups is 2. The molecule has 1 saturated heterocycles. The Morgan fingerprint density at radius 3 is 2.50 bits per heavy atom. The summed E-state index contributed by atoms with van der Waals surface area (Å²) in [7, 11) is 0. The van der Waals surface area contributed by atoms with E-state index in [1.807, 2.05) is 18.2 Å². The van der Waals surface area contributed by atoms with E-state index in [0.717, 1.165) is 19.3 Å².